The number of rotatable bonds is 6. The van der Waals surface area contributed by atoms with Crippen molar-refractivity contribution in [1.29, 1.82) is 0 Å². The molecule has 1 aromatic carbocycles. The molecule has 8 heteroatoms. The summed E-state index contributed by atoms with van der Waals surface area (Å²) in [5.74, 6) is 0.176. The van der Waals surface area contributed by atoms with Gasteiger partial charge in [0.05, 0.1) is 17.7 Å². The van der Waals surface area contributed by atoms with Gasteiger partial charge in [-0.15, -0.1) is 0 Å². The number of hydrogen-bond acceptors (Lipinski definition) is 5. The maximum atomic E-state index is 12.7. The fourth-order valence-electron chi connectivity index (χ4n) is 2.90. The summed E-state index contributed by atoms with van der Waals surface area (Å²) in [5.41, 5.74) is 1.26. The summed E-state index contributed by atoms with van der Waals surface area (Å²) in [5, 5.41) is 2.78. The molecule has 146 valence electrons. The molecule has 0 saturated carbocycles. The van der Waals surface area contributed by atoms with Crippen LogP contribution in [0.25, 0.3) is 0 Å². The summed E-state index contributed by atoms with van der Waals surface area (Å²) < 4.78 is 5.38. The molecule has 1 fully saturated rings. The normalized spacial score (nSPS) is 13.8. The summed E-state index contributed by atoms with van der Waals surface area (Å²) in [6.45, 7) is 4.39. The van der Waals surface area contributed by atoms with Gasteiger partial charge in [-0.3, -0.25) is 19.4 Å². The molecule has 1 aliphatic heterocycles. The van der Waals surface area contributed by atoms with Crippen LogP contribution < -0.4 is 10.1 Å². The molecular weight excluding hydrogens is 360 g/mol. The summed E-state index contributed by atoms with van der Waals surface area (Å²) in [7, 11) is 0. The van der Waals surface area contributed by atoms with Crippen molar-refractivity contribution < 1.29 is 19.1 Å². The second kappa shape index (κ2) is 8.98. The molecule has 0 unspecified atom stereocenters. The zero-order valence-electron chi connectivity index (χ0n) is 15.6. The van der Waals surface area contributed by atoms with E-state index in [1.807, 2.05) is 6.92 Å². The molecule has 1 saturated heterocycles. The van der Waals surface area contributed by atoms with Crippen LogP contribution in [0.15, 0.2) is 42.7 Å². The average molecular weight is 382 g/mol. The number of piperazine rings is 1. The number of nitrogens with zero attached hydrogens (tertiary/aromatic N) is 3. The van der Waals surface area contributed by atoms with Crippen molar-refractivity contribution >= 4 is 23.9 Å². The fourth-order valence-corrected chi connectivity index (χ4v) is 2.90. The van der Waals surface area contributed by atoms with Crippen LogP contribution in [0.5, 0.6) is 5.75 Å². The highest BCUT2D eigenvalue weighted by molar-refractivity contribution is 6.05. The van der Waals surface area contributed by atoms with Crippen molar-refractivity contribution in [3.8, 4) is 5.75 Å². The number of pyridine rings is 1. The average Bonchev–Trinajstić information content (AvgIpc) is 2.75. The number of amides is 3. The second-order valence-electron chi connectivity index (χ2n) is 6.31. The van der Waals surface area contributed by atoms with Crippen molar-refractivity contribution in [1.82, 2.24) is 14.8 Å². The van der Waals surface area contributed by atoms with Gasteiger partial charge in [0.15, 0.2) is 0 Å². The largest absolute Gasteiger partial charge is 0.494 e. The monoisotopic (exact) mass is 382 g/mol. The van der Waals surface area contributed by atoms with E-state index in [0.717, 1.165) is 12.2 Å². The Kier molecular flexibility index (Phi) is 6.21. The molecule has 1 aromatic heterocycles. The van der Waals surface area contributed by atoms with Gasteiger partial charge in [-0.2, -0.15) is 0 Å². The Morgan fingerprint density at radius 3 is 2.43 bits per heavy atom. The van der Waals surface area contributed by atoms with E-state index in [4.69, 9.17) is 4.74 Å². The Bertz CT molecular complexity index is 846. The highest BCUT2D eigenvalue weighted by atomic mass is 16.5. The smallest absolute Gasteiger partial charge is 0.257 e. The Morgan fingerprint density at radius 1 is 1.11 bits per heavy atom. The van der Waals surface area contributed by atoms with Crippen LogP contribution in [0.1, 0.15) is 27.6 Å². The van der Waals surface area contributed by atoms with Crippen molar-refractivity contribution in [3.05, 3.63) is 53.9 Å². The number of carbonyl (C=O) groups excluding carboxylic acids is 3. The van der Waals surface area contributed by atoms with Gasteiger partial charge in [-0.1, -0.05) is 0 Å². The molecule has 0 radical (unpaired) electrons. The lowest BCUT2D eigenvalue weighted by Gasteiger charge is -2.32. The van der Waals surface area contributed by atoms with E-state index in [1.54, 1.807) is 34.1 Å². The minimum absolute atomic E-state index is 0.200. The molecule has 8 nitrogen and oxygen atoms in total. The van der Waals surface area contributed by atoms with Crippen LogP contribution in [0, 0.1) is 0 Å². The van der Waals surface area contributed by atoms with Gasteiger partial charge < -0.3 is 19.9 Å². The molecule has 3 amide bonds. The molecule has 0 bridgehead atoms. The molecule has 0 atom stereocenters. The van der Waals surface area contributed by atoms with Crippen molar-refractivity contribution in [2.45, 2.75) is 6.92 Å². The number of anilines is 1. The topological polar surface area (TPSA) is 91.8 Å². The molecule has 2 aromatic rings. The van der Waals surface area contributed by atoms with E-state index in [9.17, 15) is 14.4 Å². The van der Waals surface area contributed by atoms with Gasteiger partial charge in [0.25, 0.3) is 11.8 Å². The first kappa shape index (κ1) is 19.3. The van der Waals surface area contributed by atoms with Crippen LogP contribution in [-0.2, 0) is 4.79 Å². The minimum Gasteiger partial charge on any atom is -0.494 e. The standard InChI is InChI=1S/C20H22N4O4/c1-2-28-18-5-3-17(4-6-18)22-19(26)15-11-16(13-21-12-15)20(27)24-9-7-23(14-25)8-10-24/h3-6,11-14H,2,7-10H2,1H3,(H,22,26). The first-order valence-corrected chi connectivity index (χ1v) is 9.08. The van der Waals surface area contributed by atoms with Crippen molar-refractivity contribution in [3.63, 3.8) is 0 Å². The van der Waals surface area contributed by atoms with Gasteiger partial charge in [0.2, 0.25) is 6.41 Å². The maximum absolute atomic E-state index is 12.7. The molecule has 28 heavy (non-hydrogen) atoms. The van der Waals surface area contributed by atoms with Crippen LogP contribution in [0.2, 0.25) is 0 Å². The lowest BCUT2D eigenvalue weighted by Crippen LogP contribution is -2.48. The Hall–Kier alpha value is -3.42. The van der Waals surface area contributed by atoms with E-state index < -0.39 is 0 Å². The molecule has 1 N–H and O–H groups in total. The molecule has 1 aliphatic rings. The quantitative estimate of drug-likeness (QED) is 0.767. The first-order valence-electron chi connectivity index (χ1n) is 9.08. The maximum Gasteiger partial charge on any atom is 0.257 e. The van der Waals surface area contributed by atoms with E-state index >= 15 is 0 Å². The van der Waals surface area contributed by atoms with Crippen LogP contribution in [0.4, 0.5) is 5.69 Å². The third kappa shape index (κ3) is 4.64. The van der Waals surface area contributed by atoms with Crippen LogP contribution >= 0.6 is 0 Å². The number of hydrogen-bond donors (Lipinski definition) is 1. The van der Waals surface area contributed by atoms with E-state index in [0.29, 0.717) is 49.6 Å². The molecule has 3 rings (SSSR count). The summed E-state index contributed by atoms with van der Waals surface area (Å²) >= 11 is 0. The number of nitrogens with one attached hydrogen (secondary N) is 1. The Morgan fingerprint density at radius 2 is 1.79 bits per heavy atom. The number of ether oxygens (including phenoxy) is 1. The zero-order valence-corrected chi connectivity index (χ0v) is 15.6. The summed E-state index contributed by atoms with van der Waals surface area (Å²) in [4.78, 5) is 43.3. The van der Waals surface area contributed by atoms with Crippen molar-refractivity contribution in [2.24, 2.45) is 0 Å². The SMILES string of the molecule is CCOc1ccc(NC(=O)c2cncc(C(=O)N3CCN(C=O)CC3)c2)cc1. The molecule has 0 spiro atoms. The summed E-state index contributed by atoms with van der Waals surface area (Å²) in [6.07, 6.45) is 3.66. The third-order valence-electron chi connectivity index (χ3n) is 4.42. The number of aromatic nitrogens is 1. The number of benzene rings is 1. The zero-order chi connectivity index (χ0) is 19.9. The van der Waals surface area contributed by atoms with E-state index in [-0.39, 0.29) is 11.8 Å². The van der Waals surface area contributed by atoms with Crippen LogP contribution in [0.3, 0.4) is 0 Å². The van der Waals surface area contributed by atoms with E-state index in [2.05, 4.69) is 10.3 Å². The van der Waals surface area contributed by atoms with Gasteiger partial charge in [0.1, 0.15) is 5.75 Å². The second-order valence-corrected chi connectivity index (χ2v) is 6.31. The third-order valence-corrected chi connectivity index (χ3v) is 4.42. The molecule has 2 heterocycles. The lowest BCUT2D eigenvalue weighted by molar-refractivity contribution is -0.119. The van der Waals surface area contributed by atoms with Gasteiger partial charge in [-0.05, 0) is 37.3 Å². The van der Waals surface area contributed by atoms with Gasteiger partial charge in [0, 0.05) is 44.3 Å². The summed E-state index contributed by atoms with van der Waals surface area (Å²) in [6, 6.07) is 8.58. The van der Waals surface area contributed by atoms with E-state index in [1.165, 1.54) is 18.5 Å². The number of carbonyl (C=O) groups is 3. The van der Waals surface area contributed by atoms with Crippen LogP contribution in [-0.4, -0.2) is 65.8 Å². The minimum atomic E-state index is -0.350. The first-order chi connectivity index (χ1) is 13.6. The van der Waals surface area contributed by atoms with Gasteiger partial charge in [-0.25, -0.2) is 0 Å². The lowest BCUT2D eigenvalue weighted by atomic mass is 10.1. The highest BCUT2D eigenvalue weighted by Gasteiger charge is 2.22. The molecule has 0 aliphatic carbocycles. The predicted molar refractivity (Wildman–Crippen MR) is 103 cm³/mol. The molecular formula is C20H22N4O4. The van der Waals surface area contributed by atoms with Crippen molar-refractivity contribution in [2.75, 3.05) is 38.1 Å². The van der Waals surface area contributed by atoms with Gasteiger partial charge >= 0.3 is 0 Å². The highest BCUT2D eigenvalue weighted by Crippen LogP contribution is 2.17. The Labute approximate surface area is 163 Å². The Balaban J connectivity index is 1.65. The fraction of sp³-hybridized carbons (Fsp3) is 0.300. The predicted octanol–water partition coefficient (Wildman–Crippen LogP) is 1.65.